The van der Waals surface area contributed by atoms with E-state index in [2.05, 4.69) is 32.6 Å². The zero-order valence-corrected chi connectivity index (χ0v) is 16.2. The summed E-state index contributed by atoms with van der Waals surface area (Å²) in [5, 5.41) is 0.915. The van der Waals surface area contributed by atoms with Crippen molar-refractivity contribution in [1.82, 2.24) is 14.5 Å². The smallest absolute Gasteiger partial charge is 0.262 e. The van der Waals surface area contributed by atoms with Crippen LogP contribution in [0.2, 0.25) is 0 Å². The molecule has 0 saturated carbocycles. The molecule has 0 aromatic carbocycles. The summed E-state index contributed by atoms with van der Waals surface area (Å²) in [6, 6.07) is 0. The van der Waals surface area contributed by atoms with E-state index in [1.165, 1.54) is 23.3 Å². The Hall–Kier alpha value is -1.20. The molecule has 1 aliphatic carbocycles. The van der Waals surface area contributed by atoms with Crippen LogP contribution in [0.5, 0.6) is 0 Å². The lowest BCUT2D eigenvalue weighted by atomic mass is 9.97. The third-order valence-electron chi connectivity index (χ3n) is 4.96. The van der Waals surface area contributed by atoms with E-state index in [9.17, 15) is 4.79 Å². The minimum Gasteiger partial charge on any atom is -0.297 e. The van der Waals surface area contributed by atoms with Gasteiger partial charge in [0.15, 0.2) is 0 Å². The van der Waals surface area contributed by atoms with E-state index in [1.54, 1.807) is 11.3 Å². The van der Waals surface area contributed by atoms with Crippen LogP contribution in [0.3, 0.4) is 0 Å². The van der Waals surface area contributed by atoms with Crippen molar-refractivity contribution in [2.45, 2.75) is 66.5 Å². The van der Waals surface area contributed by atoms with E-state index in [-0.39, 0.29) is 5.56 Å². The van der Waals surface area contributed by atoms with Crippen LogP contribution in [0.1, 0.15) is 56.8 Å². The first kappa shape index (κ1) is 17.6. The molecule has 2 heterocycles. The first-order valence-electron chi connectivity index (χ1n) is 9.31. The van der Waals surface area contributed by atoms with Crippen LogP contribution in [0.25, 0.3) is 10.2 Å². The number of aryl methyl sites for hydroxylation is 2. The zero-order chi connectivity index (χ0) is 17.3. The summed E-state index contributed by atoms with van der Waals surface area (Å²) in [7, 11) is 0. The van der Waals surface area contributed by atoms with Gasteiger partial charge in [0.1, 0.15) is 10.7 Å². The van der Waals surface area contributed by atoms with Crippen molar-refractivity contribution in [3.05, 3.63) is 26.6 Å². The Balaban J connectivity index is 2.16. The normalized spacial score (nSPS) is 14.8. The monoisotopic (exact) mass is 347 g/mol. The van der Waals surface area contributed by atoms with Crippen molar-refractivity contribution in [1.29, 1.82) is 0 Å². The SMILES string of the molecule is CCN(CC)Cc1nc2sc3c(c2c(=O)n1CC(C)C)CCCC3. The first-order chi connectivity index (χ1) is 11.5. The molecular weight excluding hydrogens is 318 g/mol. The highest BCUT2D eigenvalue weighted by molar-refractivity contribution is 7.18. The van der Waals surface area contributed by atoms with Crippen molar-refractivity contribution < 1.29 is 0 Å². The fraction of sp³-hybridized carbons (Fsp3) is 0.684. The molecule has 0 aliphatic heterocycles. The van der Waals surface area contributed by atoms with Gasteiger partial charge >= 0.3 is 0 Å². The average Bonchev–Trinajstić information content (AvgIpc) is 2.93. The maximum Gasteiger partial charge on any atom is 0.262 e. The van der Waals surface area contributed by atoms with E-state index in [4.69, 9.17) is 4.98 Å². The van der Waals surface area contributed by atoms with Gasteiger partial charge in [-0.3, -0.25) is 14.3 Å². The molecule has 0 radical (unpaired) electrons. The maximum atomic E-state index is 13.3. The summed E-state index contributed by atoms with van der Waals surface area (Å²) in [5.41, 5.74) is 1.49. The molecule has 2 aromatic rings. The van der Waals surface area contributed by atoms with Crippen molar-refractivity contribution in [2.75, 3.05) is 13.1 Å². The highest BCUT2D eigenvalue weighted by Gasteiger charge is 2.22. The van der Waals surface area contributed by atoms with Crippen molar-refractivity contribution in [3.8, 4) is 0 Å². The molecule has 5 heteroatoms. The third kappa shape index (κ3) is 3.29. The number of hydrogen-bond donors (Lipinski definition) is 0. The van der Waals surface area contributed by atoms with Crippen LogP contribution in [-0.4, -0.2) is 27.5 Å². The number of thiophene rings is 1. The average molecular weight is 348 g/mol. The summed E-state index contributed by atoms with van der Waals surface area (Å²) in [6.45, 7) is 12.1. The second-order valence-corrected chi connectivity index (χ2v) is 8.27. The Kier molecular flexibility index (Phi) is 5.40. The second kappa shape index (κ2) is 7.36. The van der Waals surface area contributed by atoms with Gasteiger partial charge in [0.2, 0.25) is 0 Å². The summed E-state index contributed by atoms with van der Waals surface area (Å²) >= 11 is 1.75. The molecule has 2 aromatic heterocycles. The highest BCUT2D eigenvalue weighted by atomic mass is 32.1. The fourth-order valence-corrected chi connectivity index (χ4v) is 4.87. The first-order valence-corrected chi connectivity index (χ1v) is 10.1. The highest BCUT2D eigenvalue weighted by Crippen LogP contribution is 2.33. The predicted molar refractivity (Wildman–Crippen MR) is 102 cm³/mol. The Morgan fingerprint density at radius 2 is 1.92 bits per heavy atom. The lowest BCUT2D eigenvalue weighted by Gasteiger charge is -2.21. The number of hydrogen-bond acceptors (Lipinski definition) is 4. The summed E-state index contributed by atoms with van der Waals surface area (Å²) < 4.78 is 1.95. The number of nitrogens with zero attached hydrogens (tertiary/aromatic N) is 3. The minimum atomic E-state index is 0.190. The van der Waals surface area contributed by atoms with Crippen LogP contribution in [-0.2, 0) is 25.9 Å². The summed E-state index contributed by atoms with van der Waals surface area (Å²) in [4.78, 5) is 23.0. The molecule has 0 atom stereocenters. The molecule has 3 rings (SSSR count). The number of aromatic nitrogens is 2. The van der Waals surface area contributed by atoms with E-state index >= 15 is 0 Å². The van der Waals surface area contributed by atoms with Gasteiger partial charge in [-0.05, 0) is 50.3 Å². The van der Waals surface area contributed by atoms with Gasteiger partial charge in [0, 0.05) is 11.4 Å². The molecule has 0 saturated heterocycles. The predicted octanol–water partition coefficient (Wildman–Crippen LogP) is 3.83. The van der Waals surface area contributed by atoms with Gasteiger partial charge in [-0.15, -0.1) is 11.3 Å². The molecule has 0 bridgehead atoms. The molecule has 4 nitrogen and oxygen atoms in total. The zero-order valence-electron chi connectivity index (χ0n) is 15.4. The number of rotatable bonds is 6. The van der Waals surface area contributed by atoms with Gasteiger partial charge in [0.25, 0.3) is 5.56 Å². The lowest BCUT2D eigenvalue weighted by molar-refractivity contribution is 0.279. The summed E-state index contributed by atoms with van der Waals surface area (Å²) in [6.07, 6.45) is 4.60. The molecule has 0 N–H and O–H groups in total. The van der Waals surface area contributed by atoms with Crippen molar-refractivity contribution >= 4 is 21.6 Å². The lowest BCUT2D eigenvalue weighted by Crippen LogP contribution is -2.32. The third-order valence-corrected chi connectivity index (χ3v) is 6.15. The van der Waals surface area contributed by atoms with Crippen molar-refractivity contribution in [3.63, 3.8) is 0 Å². The van der Waals surface area contributed by atoms with Crippen LogP contribution in [0, 0.1) is 5.92 Å². The van der Waals surface area contributed by atoms with Crippen molar-refractivity contribution in [2.24, 2.45) is 5.92 Å². The Morgan fingerprint density at radius 1 is 1.21 bits per heavy atom. The van der Waals surface area contributed by atoms with Gasteiger partial charge in [-0.25, -0.2) is 4.98 Å². The van der Waals surface area contributed by atoms with Gasteiger partial charge in [0.05, 0.1) is 11.9 Å². The second-order valence-electron chi connectivity index (χ2n) is 7.19. The Bertz CT molecular complexity index is 771. The quantitative estimate of drug-likeness (QED) is 0.797. The largest absolute Gasteiger partial charge is 0.297 e. The fourth-order valence-electron chi connectivity index (χ4n) is 3.60. The van der Waals surface area contributed by atoms with Gasteiger partial charge < -0.3 is 0 Å². The molecule has 24 heavy (non-hydrogen) atoms. The topological polar surface area (TPSA) is 38.1 Å². The van der Waals surface area contributed by atoms with E-state index in [0.717, 1.165) is 55.1 Å². The van der Waals surface area contributed by atoms with Crippen LogP contribution in [0.15, 0.2) is 4.79 Å². The van der Waals surface area contributed by atoms with Gasteiger partial charge in [-0.1, -0.05) is 27.7 Å². The van der Waals surface area contributed by atoms with Crippen LogP contribution >= 0.6 is 11.3 Å². The standard InChI is InChI=1S/C19H29N3OS/c1-5-21(6-2)12-16-20-18-17(19(23)22(16)11-13(3)4)14-9-7-8-10-15(14)24-18/h13H,5-12H2,1-4H3. The molecule has 0 fully saturated rings. The van der Waals surface area contributed by atoms with E-state index < -0.39 is 0 Å². The minimum absolute atomic E-state index is 0.190. The molecule has 0 amide bonds. The molecular formula is C19H29N3OS. The molecule has 132 valence electrons. The van der Waals surface area contributed by atoms with Crippen LogP contribution < -0.4 is 5.56 Å². The summed E-state index contributed by atoms with van der Waals surface area (Å²) in [5.74, 6) is 1.37. The Morgan fingerprint density at radius 3 is 2.58 bits per heavy atom. The van der Waals surface area contributed by atoms with E-state index in [0.29, 0.717) is 5.92 Å². The van der Waals surface area contributed by atoms with Gasteiger partial charge in [-0.2, -0.15) is 0 Å². The molecule has 1 aliphatic rings. The maximum absolute atomic E-state index is 13.3. The molecule has 0 unspecified atom stereocenters. The van der Waals surface area contributed by atoms with Crippen LogP contribution in [0.4, 0.5) is 0 Å². The molecule has 0 spiro atoms. The Labute approximate surface area is 148 Å². The van der Waals surface area contributed by atoms with E-state index in [1.807, 2.05) is 4.57 Å². The number of fused-ring (bicyclic) bond motifs is 3.